The molecule has 1 aromatic carbocycles. The molecule has 0 bridgehead atoms. The van der Waals surface area contributed by atoms with E-state index in [2.05, 4.69) is 0 Å². The smallest absolute Gasteiger partial charge is 0.130 e. The normalized spacial score (nSPS) is 15.2. The molecule has 1 aliphatic rings. The van der Waals surface area contributed by atoms with Crippen molar-refractivity contribution in [3.63, 3.8) is 0 Å². The summed E-state index contributed by atoms with van der Waals surface area (Å²) in [5.41, 5.74) is 1.68. The lowest BCUT2D eigenvalue weighted by Gasteiger charge is -2.17. The summed E-state index contributed by atoms with van der Waals surface area (Å²) in [7, 11) is 1.53. The molecule has 0 atom stereocenters. The number of halogens is 1. The predicted octanol–water partition coefficient (Wildman–Crippen LogP) is 1.91. The molecule has 3 heteroatoms. The summed E-state index contributed by atoms with van der Waals surface area (Å²) in [6, 6.07) is 3.25. The van der Waals surface area contributed by atoms with Gasteiger partial charge in [-0.05, 0) is 23.6 Å². The molecule has 0 aromatic heterocycles. The highest BCUT2D eigenvalue weighted by molar-refractivity contribution is 5.37. The lowest BCUT2D eigenvalue weighted by Crippen LogP contribution is -2.11. The van der Waals surface area contributed by atoms with Gasteiger partial charge < -0.3 is 9.47 Å². The fourth-order valence-electron chi connectivity index (χ4n) is 1.55. The molecule has 1 heterocycles. The highest BCUT2D eigenvalue weighted by Crippen LogP contribution is 2.25. The zero-order valence-corrected chi connectivity index (χ0v) is 7.47. The SMILES string of the molecule is COc1cc(F)c2c(c1)COCC2. The molecule has 0 spiro atoms. The van der Waals surface area contributed by atoms with Gasteiger partial charge in [0.05, 0.1) is 20.3 Å². The Morgan fingerprint density at radius 1 is 1.46 bits per heavy atom. The van der Waals surface area contributed by atoms with Gasteiger partial charge >= 0.3 is 0 Å². The Labute approximate surface area is 76.3 Å². The van der Waals surface area contributed by atoms with Crippen molar-refractivity contribution in [1.29, 1.82) is 0 Å². The minimum Gasteiger partial charge on any atom is -0.497 e. The molecule has 1 aromatic rings. The molecule has 0 unspecified atom stereocenters. The Morgan fingerprint density at radius 2 is 2.31 bits per heavy atom. The molecule has 0 radical (unpaired) electrons. The third-order valence-electron chi connectivity index (χ3n) is 2.25. The van der Waals surface area contributed by atoms with Gasteiger partial charge in [0.15, 0.2) is 0 Å². The number of rotatable bonds is 1. The summed E-state index contributed by atoms with van der Waals surface area (Å²) in [5.74, 6) is 0.374. The maximum atomic E-state index is 13.4. The first-order chi connectivity index (χ1) is 6.31. The van der Waals surface area contributed by atoms with Crippen LogP contribution in [-0.4, -0.2) is 13.7 Å². The van der Waals surface area contributed by atoms with Gasteiger partial charge in [-0.1, -0.05) is 0 Å². The molecule has 0 aliphatic carbocycles. The Kier molecular flexibility index (Phi) is 2.19. The quantitative estimate of drug-likeness (QED) is 0.660. The molecule has 70 valence electrons. The van der Waals surface area contributed by atoms with Gasteiger partial charge in [-0.15, -0.1) is 0 Å². The number of fused-ring (bicyclic) bond motifs is 1. The van der Waals surface area contributed by atoms with Gasteiger partial charge in [0.1, 0.15) is 11.6 Å². The average Bonchev–Trinajstić information content (AvgIpc) is 2.18. The number of methoxy groups -OCH3 is 1. The second kappa shape index (κ2) is 3.34. The largest absolute Gasteiger partial charge is 0.497 e. The van der Waals surface area contributed by atoms with Crippen LogP contribution in [0.1, 0.15) is 11.1 Å². The Hall–Kier alpha value is -1.09. The van der Waals surface area contributed by atoms with Crippen LogP contribution in [0, 0.1) is 5.82 Å². The zero-order chi connectivity index (χ0) is 9.26. The number of benzene rings is 1. The lowest BCUT2D eigenvalue weighted by molar-refractivity contribution is 0.109. The number of ether oxygens (including phenoxy) is 2. The monoisotopic (exact) mass is 182 g/mol. The van der Waals surface area contributed by atoms with E-state index in [1.807, 2.05) is 6.07 Å². The zero-order valence-electron chi connectivity index (χ0n) is 7.47. The summed E-state index contributed by atoms with van der Waals surface area (Å²) >= 11 is 0. The van der Waals surface area contributed by atoms with E-state index in [1.54, 1.807) is 0 Å². The molecular weight excluding hydrogens is 171 g/mol. The predicted molar refractivity (Wildman–Crippen MR) is 46.3 cm³/mol. The van der Waals surface area contributed by atoms with Crippen LogP contribution in [-0.2, 0) is 17.8 Å². The van der Waals surface area contributed by atoms with E-state index < -0.39 is 0 Å². The second-order valence-electron chi connectivity index (χ2n) is 3.05. The first-order valence-electron chi connectivity index (χ1n) is 4.24. The average molecular weight is 182 g/mol. The number of hydrogen-bond donors (Lipinski definition) is 0. The minimum atomic E-state index is -0.183. The summed E-state index contributed by atoms with van der Waals surface area (Å²) in [5, 5.41) is 0. The van der Waals surface area contributed by atoms with Crippen molar-refractivity contribution in [1.82, 2.24) is 0 Å². The van der Waals surface area contributed by atoms with Crippen molar-refractivity contribution < 1.29 is 13.9 Å². The molecule has 13 heavy (non-hydrogen) atoms. The summed E-state index contributed by atoms with van der Waals surface area (Å²) < 4.78 is 23.6. The third-order valence-corrected chi connectivity index (χ3v) is 2.25. The molecule has 1 aliphatic heterocycles. The fraction of sp³-hybridized carbons (Fsp3) is 0.400. The van der Waals surface area contributed by atoms with E-state index in [4.69, 9.17) is 9.47 Å². The van der Waals surface area contributed by atoms with E-state index >= 15 is 0 Å². The molecule has 0 fully saturated rings. The van der Waals surface area contributed by atoms with Gasteiger partial charge in [-0.2, -0.15) is 0 Å². The van der Waals surface area contributed by atoms with Crippen molar-refractivity contribution in [2.24, 2.45) is 0 Å². The van der Waals surface area contributed by atoms with E-state index in [-0.39, 0.29) is 5.82 Å². The molecule has 2 nitrogen and oxygen atoms in total. The first-order valence-corrected chi connectivity index (χ1v) is 4.24. The molecule has 0 saturated carbocycles. The highest BCUT2D eigenvalue weighted by Gasteiger charge is 2.15. The van der Waals surface area contributed by atoms with Crippen LogP contribution in [0.4, 0.5) is 4.39 Å². The van der Waals surface area contributed by atoms with Gasteiger partial charge in [-0.25, -0.2) is 4.39 Å². The Bertz CT molecular complexity index is 323. The van der Waals surface area contributed by atoms with Gasteiger partial charge in [0.2, 0.25) is 0 Å². The standard InChI is InChI=1S/C10H11FO2/c1-12-8-4-7-6-13-3-2-9(7)10(11)5-8/h4-5H,2-3,6H2,1H3. The molecular formula is C10H11FO2. The topological polar surface area (TPSA) is 18.5 Å². The first kappa shape index (κ1) is 8.51. The fourth-order valence-corrected chi connectivity index (χ4v) is 1.55. The van der Waals surface area contributed by atoms with Crippen LogP contribution in [0.5, 0.6) is 5.75 Å². The molecule has 0 amide bonds. The van der Waals surface area contributed by atoms with Crippen molar-refractivity contribution in [2.75, 3.05) is 13.7 Å². The van der Waals surface area contributed by atoms with E-state index in [0.29, 0.717) is 25.4 Å². The number of hydrogen-bond acceptors (Lipinski definition) is 2. The summed E-state index contributed by atoms with van der Waals surface area (Å²) in [6.45, 7) is 1.10. The van der Waals surface area contributed by atoms with Crippen LogP contribution in [0.2, 0.25) is 0 Å². The van der Waals surface area contributed by atoms with Crippen molar-refractivity contribution in [3.8, 4) is 5.75 Å². The van der Waals surface area contributed by atoms with Crippen molar-refractivity contribution >= 4 is 0 Å². The Morgan fingerprint density at radius 3 is 3.08 bits per heavy atom. The van der Waals surface area contributed by atoms with Gasteiger partial charge in [-0.3, -0.25) is 0 Å². The maximum absolute atomic E-state index is 13.4. The molecule has 0 saturated heterocycles. The highest BCUT2D eigenvalue weighted by atomic mass is 19.1. The van der Waals surface area contributed by atoms with E-state index in [9.17, 15) is 4.39 Å². The van der Waals surface area contributed by atoms with Crippen molar-refractivity contribution in [3.05, 3.63) is 29.1 Å². The minimum absolute atomic E-state index is 0.183. The van der Waals surface area contributed by atoms with Crippen LogP contribution in [0.15, 0.2) is 12.1 Å². The summed E-state index contributed by atoms with van der Waals surface area (Å²) in [6.07, 6.45) is 0.658. The van der Waals surface area contributed by atoms with E-state index in [1.165, 1.54) is 13.2 Å². The maximum Gasteiger partial charge on any atom is 0.130 e. The van der Waals surface area contributed by atoms with Gasteiger partial charge in [0, 0.05) is 6.07 Å². The Balaban J connectivity index is 2.47. The van der Waals surface area contributed by atoms with Crippen molar-refractivity contribution in [2.45, 2.75) is 13.0 Å². The van der Waals surface area contributed by atoms with Crippen LogP contribution in [0.25, 0.3) is 0 Å². The lowest BCUT2D eigenvalue weighted by atomic mass is 10.0. The van der Waals surface area contributed by atoms with Crippen LogP contribution in [0.3, 0.4) is 0 Å². The van der Waals surface area contributed by atoms with Gasteiger partial charge in [0.25, 0.3) is 0 Å². The van der Waals surface area contributed by atoms with E-state index in [0.717, 1.165) is 11.1 Å². The molecule has 2 rings (SSSR count). The second-order valence-corrected chi connectivity index (χ2v) is 3.05. The van der Waals surface area contributed by atoms with Crippen LogP contribution >= 0.6 is 0 Å². The summed E-state index contributed by atoms with van der Waals surface area (Å²) in [4.78, 5) is 0. The third kappa shape index (κ3) is 1.52. The van der Waals surface area contributed by atoms with Crippen LogP contribution < -0.4 is 4.74 Å². The molecule has 0 N–H and O–H groups in total.